The van der Waals surface area contributed by atoms with Crippen LogP contribution in [-0.4, -0.2) is 16.6 Å². The molecule has 0 aliphatic rings. The molecule has 2 heterocycles. The molecule has 0 aliphatic heterocycles. The molecule has 0 aliphatic carbocycles. The summed E-state index contributed by atoms with van der Waals surface area (Å²) in [4.78, 5) is 37.0. The summed E-state index contributed by atoms with van der Waals surface area (Å²) in [6.45, 7) is 0.158. The van der Waals surface area contributed by atoms with Crippen LogP contribution < -0.4 is 5.32 Å². The minimum atomic E-state index is -0.631. The molecule has 9 heteroatoms. The van der Waals surface area contributed by atoms with Crippen LogP contribution in [0.25, 0.3) is 0 Å². The van der Waals surface area contributed by atoms with Gasteiger partial charge in [-0.2, -0.15) is 0 Å². The van der Waals surface area contributed by atoms with Gasteiger partial charge in [-0.25, -0.2) is 0 Å². The van der Waals surface area contributed by atoms with Crippen LogP contribution in [0.5, 0.6) is 0 Å². The first-order valence-electron chi connectivity index (χ1n) is 7.35. The van der Waals surface area contributed by atoms with E-state index in [2.05, 4.69) is 5.32 Å². The van der Waals surface area contributed by atoms with Crippen LogP contribution >= 0.6 is 34.3 Å². The number of rotatable bonds is 6. The Morgan fingerprint density at radius 2 is 1.96 bits per heavy atom. The van der Waals surface area contributed by atoms with Gasteiger partial charge in [-0.05, 0) is 35.7 Å². The number of nitro benzene ring substituents is 1. The van der Waals surface area contributed by atoms with E-state index in [-0.39, 0.29) is 28.6 Å². The Hall–Kier alpha value is -2.55. The third-order valence-electron chi connectivity index (χ3n) is 3.45. The molecule has 1 N–H and O–H groups in total. The lowest BCUT2D eigenvalue weighted by Gasteiger charge is -2.05. The third kappa shape index (κ3) is 3.98. The predicted octanol–water partition coefficient (Wildman–Crippen LogP) is 4.53. The summed E-state index contributed by atoms with van der Waals surface area (Å²) in [6, 6.07) is 10.8. The number of nitro groups is 1. The van der Waals surface area contributed by atoms with Crippen LogP contribution in [0.4, 0.5) is 5.69 Å². The molecule has 3 aromatic rings. The molecule has 0 saturated carbocycles. The number of benzene rings is 1. The van der Waals surface area contributed by atoms with Crippen LogP contribution in [0, 0.1) is 10.1 Å². The first-order chi connectivity index (χ1) is 12.5. The second-order valence-corrected chi connectivity index (χ2v) is 7.73. The van der Waals surface area contributed by atoms with E-state index in [1.165, 1.54) is 40.9 Å². The molecule has 0 bridgehead atoms. The summed E-state index contributed by atoms with van der Waals surface area (Å²) >= 11 is 8.47. The normalized spacial score (nSPS) is 10.5. The molecule has 0 radical (unpaired) electrons. The molecule has 1 aromatic carbocycles. The molecule has 2 aromatic heterocycles. The standard InChI is InChI=1S/C17H11ClN2O4S2/c18-10-3-5-13(20(23)24)12(8-10)17(22)19-9-11-4-6-15(26-11)16(21)14-2-1-7-25-14/h1-8H,9H2,(H,19,22). The summed E-state index contributed by atoms with van der Waals surface area (Å²) in [7, 11) is 0. The number of hydrogen-bond acceptors (Lipinski definition) is 6. The van der Waals surface area contributed by atoms with E-state index in [9.17, 15) is 19.7 Å². The highest BCUT2D eigenvalue weighted by atomic mass is 35.5. The summed E-state index contributed by atoms with van der Waals surface area (Å²) in [6.07, 6.45) is 0. The summed E-state index contributed by atoms with van der Waals surface area (Å²) in [5.41, 5.74) is -0.416. The van der Waals surface area contributed by atoms with E-state index >= 15 is 0 Å². The maximum Gasteiger partial charge on any atom is 0.282 e. The lowest BCUT2D eigenvalue weighted by Crippen LogP contribution is -2.23. The molecule has 1 amide bonds. The van der Waals surface area contributed by atoms with Gasteiger partial charge in [0.15, 0.2) is 0 Å². The van der Waals surface area contributed by atoms with Gasteiger partial charge < -0.3 is 5.32 Å². The highest BCUT2D eigenvalue weighted by Gasteiger charge is 2.20. The molecule has 0 saturated heterocycles. The Labute approximate surface area is 161 Å². The van der Waals surface area contributed by atoms with E-state index in [1.807, 2.05) is 11.4 Å². The summed E-state index contributed by atoms with van der Waals surface area (Å²) < 4.78 is 0. The Kier molecular flexibility index (Phi) is 5.46. The second-order valence-electron chi connectivity index (χ2n) is 5.17. The van der Waals surface area contributed by atoms with Crippen molar-refractivity contribution in [1.82, 2.24) is 5.32 Å². The molecule has 0 atom stereocenters. The zero-order valence-electron chi connectivity index (χ0n) is 13.1. The molecule has 132 valence electrons. The molecular weight excluding hydrogens is 396 g/mol. The van der Waals surface area contributed by atoms with Crippen LogP contribution in [-0.2, 0) is 6.54 Å². The lowest BCUT2D eigenvalue weighted by atomic mass is 10.1. The van der Waals surface area contributed by atoms with Gasteiger partial charge in [0.05, 0.1) is 21.2 Å². The Morgan fingerprint density at radius 1 is 1.15 bits per heavy atom. The van der Waals surface area contributed by atoms with Crippen LogP contribution in [0.1, 0.15) is 29.8 Å². The van der Waals surface area contributed by atoms with Crippen molar-refractivity contribution in [2.45, 2.75) is 6.54 Å². The molecule has 0 spiro atoms. The molecule has 6 nitrogen and oxygen atoms in total. The summed E-state index contributed by atoms with van der Waals surface area (Å²) in [5.74, 6) is -0.660. The van der Waals surface area contributed by atoms with Gasteiger partial charge >= 0.3 is 0 Å². The van der Waals surface area contributed by atoms with Crippen molar-refractivity contribution in [1.29, 1.82) is 0 Å². The zero-order chi connectivity index (χ0) is 18.7. The number of nitrogens with zero attached hydrogens (tertiary/aromatic N) is 1. The SMILES string of the molecule is O=C(c1cccs1)c1ccc(CNC(=O)c2cc(Cl)ccc2[N+](=O)[O-])s1. The molecule has 0 fully saturated rings. The van der Waals surface area contributed by atoms with Gasteiger partial charge in [0.1, 0.15) is 5.56 Å². The number of thiophene rings is 2. The maximum atomic E-state index is 12.3. The molecular formula is C17H11ClN2O4S2. The zero-order valence-corrected chi connectivity index (χ0v) is 15.5. The van der Waals surface area contributed by atoms with Crippen molar-refractivity contribution < 1.29 is 14.5 Å². The van der Waals surface area contributed by atoms with Crippen molar-refractivity contribution >= 4 is 51.7 Å². The van der Waals surface area contributed by atoms with Gasteiger partial charge in [-0.15, -0.1) is 22.7 Å². The average molecular weight is 407 g/mol. The Bertz CT molecular complexity index is 983. The van der Waals surface area contributed by atoms with Crippen LogP contribution in [0.3, 0.4) is 0 Å². The number of halogens is 1. The van der Waals surface area contributed by atoms with Gasteiger partial charge in [0.2, 0.25) is 5.78 Å². The van der Waals surface area contributed by atoms with Crippen molar-refractivity contribution in [3.63, 3.8) is 0 Å². The number of ketones is 1. The third-order valence-corrected chi connectivity index (χ3v) is 5.64. The Morgan fingerprint density at radius 3 is 2.65 bits per heavy atom. The van der Waals surface area contributed by atoms with E-state index < -0.39 is 10.8 Å². The van der Waals surface area contributed by atoms with Crippen LogP contribution in [0.15, 0.2) is 47.8 Å². The quantitative estimate of drug-likeness (QED) is 0.370. The number of carbonyl (C=O) groups is 2. The highest BCUT2D eigenvalue weighted by Crippen LogP contribution is 2.24. The molecule has 26 heavy (non-hydrogen) atoms. The van der Waals surface area contributed by atoms with E-state index in [1.54, 1.807) is 18.2 Å². The fraction of sp³-hybridized carbons (Fsp3) is 0.0588. The highest BCUT2D eigenvalue weighted by molar-refractivity contribution is 7.16. The first kappa shape index (κ1) is 18.2. The Balaban J connectivity index is 1.70. The predicted molar refractivity (Wildman–Crippen MR) is 101 cm³/mol. The topological polar surface area (TPSA) is 89.3 Å². The number of nitrogens with one attached hydrogen (secondary N) is 1. The van der Waals surface area contributed by atoms with Crippen molar-refractivity contribution in [2.24, 2.45) is 0 Å². The number of carbonyl (C=O) groups excluding carboxylic acids is 2. The van der Waals surface area contributed by atoms with Crippen molar-refractivity contribution in [3.05, 3.63) is 83.2 Å². The molecule has 0 unspecified atom stereocenters. The number of amides is 1. The van der Waals surface area contributed by atoms with E-state index in [4.69, 9.17) is 11.6 Å². The van der Waals surface area contributed by atoms with Gasteiger partial charge in [0.25, 0.3) is 11.6 Å². The van der Waals surface area contributed by atoms with Crippen LogP contribution in [0.2, 0.25) is 5.02 Å². The van der Waals surface area contributed by atoms with E-state index in [0.717, 1.165) is 4.88 Å². The molecule has 3 rings (SSSR count). The van der Waals surface area contributed by atoms with Gasteiger partial charge in [-0.3, -0.25) is 19.7 Å². The monoisotopic (exact) mass is 406 g/mol. The average Bonchev–Trinajstić information content (AvgIpc) is 3.30. The van der Waals surface area contributed by atoms with Crippen molar-refractivity contribution in [3.8, 4) is 0 Å². The first-order valence-corrected chi connectivity index (χ1v) is 9.42. The van der Waals surface area contributed by atoms with Gasteiger partial charge in [0, 0.05) is 16.0 Å². The van der Waals surface area contributed by atoms with E-state index in [0.29, 0.717) is 9.75 Å². The lowest BCUT2D eigenvalue weighted by molar-refractivity contribution is -0.385. The second kappa shape index (κ2) is 7.77. The fourth-order valence-electron chi connectivity index (χ4n) is 2.24. The minimum Gasteiger partial charge on any atom is -0.347 e. The fourth-order valence-corrected chi connectivity index (χ4v) is 4.05. The summed E-state index contributed by atoms with van der Waals surface area (Å²) in [5, 5.41) is 15.7. The van der Waals surface area contributed by atoms with Gasteiger partial charge in [-0.1, -0.05) is 17.7 Å². The maximum absolute atomic E-state index is 12.3. The minimum absolute atomic E-state index is 0.0620. The number of hydrogen-bond donors (Lipinski definition) is 1. The smallest absolute Gasteiger partial charge is 0.282 e. The van der Waals surface area contributed by atoms with Crippen molar-refractivity contribution in [2.75, 3.05) is 0 Å². The largest absolute Gasteiger partial charge is 0.347 e.